The number of hydrogen-bond donors (Lipinski definition) is 4. The predicted octanol–water partition coefficient (Wildman–Crippen LogP) is 5.04. The fourth-order valence-corrected chi connectivity index (χ4v) is 11.6. The summed E-state index contributed by atoms with van der Waals surface area (Å²) in [5.41, 5.74) is 6.07. The third kappa shape index (κ3) is 18.3. The largest absolute Gasteiger partial charge is 0.378 e. The Balaban J connectivity index is 0.695. The van der Waals surface area contributed by atoms with Crippen LogP contribution in [0.15, 0.2) is 82.6 Å². The fraction of sp³-hybridized carbons (Fsp3) is 0.480. The highest BCUT2D eigenvalue weighted by Gasteiger charge is 2.29. The monoisotopic (exact) mass is 1140 g/mol. The highest BCUT2D eigenvalue weighted by molar-refractivity contribution is 7.89. The second kappa shape index (κ2) is 29.8. The van der Waals surface area contributed by atoms with Crippen molar-refractivity contribution in [3.8, 4) is 0 Å². The lowest BCUT2D eigenvalue weighted by molar-refractivity contribution is -0.139. The van der Waals surface area contributed by atoms with E-state index in [0.29, 0.717) is 33.2 Å². The number of likely N-dealkylation sites (N-methyl/N-ethyl adjacent to an activating group) is 2. The average Bonchev–Trinajstić information content (AvgIpc) is 3.36. The van der Waals surface area contributed by atoms with Crippen molar-refractivity contribution in [2.75, 3.05) is 133 Å². The molecule has 0 aliphatic carbocycles. The first kappa shape index (κ1) is 59.7. The van der Waals surface area contributed by atoms with E-state index in [-0.39, 0.29) is 127 Å². The molecule has 0 saturated carbocycles. The zero-order valence-electron chi connectivity index (χ0n) is 41.3. The van der Waals surface area contributed by atoms with Crippen LogP contribution in [0.1, 0.15) is 45.2 Å². The van der Waals surface area contributed by atoms with Gasteiger partial charge < -0.3 is 48.9 Å². The van der Waals surface area contributed by atoms with Crippen LogP contribution >= 0.6 is 46.4 Å². The molecule has 2 heterocycles. The Hall–Kier alpha value is -3.52. The van der Waals surface area contributed by atoms with E-state index in [1.54, 1.807) is 36.4 Å². The summed E-state index contributed by atoms with van der Waals surface area (Å²) < 4.78 is 89.5. The maximum atomic E-state index is 12.9. The van der Waals surface area contributed by atoms with Crippen LogP contribution < -0.4 is 20.1 Å². The van der Waals surface area contributed by atoms with E-state index < -0.39 is 31.9 Å². The molecule has 0 spiro atoms. The zero-order chi connectivity index (χ0) is 53.1. The number of nitrogens with zero attached hydrogens (tertiary/aromatic N) is 2. The van der Waals surface area contributed by atoms with Crippen molar-refractivity contribution >= 4 is 78.3 Å². The molecule has 0 radical (unpaired) electrons. The molecule has 74 heavy (non-hydrogen) atoms. The number of sulfonamides is 2. The molecule has 2 unspecified atom stereocenters. The van der Waals surface area contributed by atoms with Gasteiger partial charge in [0.1, 0.15) is 0 Å². The number of carbonyl (C=O) groups is 2. The average molecular weight is 1150 g/mol. The number of benzene rings is 4. The lowest BCUT2D eigenvalue weighted by Gasteiger charge is -2.33. The lowest BCUT2D eigenvalue weighted by atomic mass is 9.85. The summed E-state index contributed by atoms with van der Waals surface area (Å²) in [7, 11) is -3.46. The van der Waals surface area contributed by atoms with E-state index >= 15 is 0 Å². The standard InChI is InChI=1S/C50H64Cl4N6O12S2/c1-59-31-43(41-27-37(51)29-47(53)45(41)33-59)35-3-7-39(8-4-35)73(63,64)57-13-17-69-21-25-71-23-19-67-15-11-55-49(61)50(62)56-12-16-68-20-24-72-26-22-70-18-14-58-74(65,66)40-9-5-36(6-10-40)44-32-60(2)34-46-42(44)28-38(52)30-48(46)54/h3-10,27-30,43-44,57-58H,11-26,31-34H2,1-2H3,(H,55,61)(H,56,62). The minimum absolute atomic E-state index is 0.00310. The lowest BCUT2D eigenvalue weighted by Crippen LogP contribution is -2.42. The Bertz CT molecular complexity index is 2510. The molecule has 24 heteroatoms. The summed E-state index contributed by atoms with van der Waals surface area (Å²) in [5, 5.41) is 7.32. The van der Waals surface area contributed by atoms with E-state index in [0.717, 1.165) is 46.5 Å². The minimum Gasteiger partial charge on any atom is -0.378 e. The van der Waals surface area contributed by atoms with Gasteiger partial charge in [-0.15, -0.1) is 0 Å². The quantitative estimate of drug-likeness (QED) is 0.0398. The third-order valence-electron chi connectivity index (χ3n) is 12.0. The van der Waals surface area contributed by atoms with Crippen LogP contribution in [0.25, 0.3) is 0 Å². The van der Waals surface area contributed by atoms with Crippen molar-refractivity contribution < 1.29 is 54.8 Å². The first-order chi connectivity index (χ1) is 35.5. The summed E-state index contributed by atoms with van der Waals surface area (Å²) in [4.78, 5) is 28.8. The molecule has 2 atom stereocenters. The Labute approximate surface area is 454 Å². The molecule has 6 rings (SSSR count). The number of amides is 2. The highest BCUT2D eigenvalue weighted by Crippen LogP contribution is 2.40. The molecule has 4 aromatic carbocycles. The molecular weight excluding hydrogens is 1080 g/mol. The SMILES string of the molecule is CN1Cc2c(Cl)cc(Cl)cc2C(c2ccc(S(=O)(=O)NCCOCCOCCOCCNC(=O)C(=O)NCCOCCOCCOCCNS(=O)(=O)c3ccc(C4CN(C)Cc5c(Cl)cc(Cl)cc54)cc3)cc2)C1. The second-order valence-electron chi connectivity index (χ2n) is 17.5. The van der Waals surface area contributed by atoms with E-state index in [2.05, 4.69) is 29.9 Å². The van der Waals surface area contributed by atoms with Crippen molar-refractivity contribution in [1.29, 1.82) is 0 Å². The van der Waals surface area contributed by atoms with Crippen LogP contribution in [0.3, 0.4) is 0 Å². The molecule has 2 aliphatic heterocycles. The Morgan fingerprint density at radius 3 is 1.14 bits per heavy atom. The third-order valence-corrected chi connectivity index (χ3v) is 16.1. The number of fused-ring (bicyclic) bond motifs is 2. The van der Waals surface area contributed by atoms with Crippen molar-refractivity contribution in [3.05, 3.63) is 126 Å². The van der Waals surface area contributed by atoms with Gasteiger partial charge >= 0.3 is 11.8 Å². The van der Waals surface area contributed by atoms with Crippen molar-refractivity contribution in [1.82, 2.24) is 29.9 Å². The predicted molar refractivity (Wildman–Crippen MR) is 283 cm³/mol. The normalized spacial score (nSPS) is 16.2. The minimum atomic E-state index is -3.75. The molecule has 2 aliphatic rings. The molecule has 0 bridgehead atoms. The fourth-order valence-electron chi connectivity index (χ4n) is 8.40. The second-order valence-corrected chi connectivity index (χ2v) is 22.8. The van der Waals surface area contributed by atoms with Gasteiger partial charge in [-0.3, -0.25) is 9.59 Å². The smallest absolute Gasteiger partial charge is 0.309 e. The molecule has 0 saturated heterocycles. The maximum Gasteiger partial charge on any atom is 0.309 e. The van der Waals surface area contributed by atoms with E-state index in [1.807, 2.05) is 50.5 Å². The number of halogens is 4. The molecule has 4 N–H and O–H groups in total. The van der Waals surface area contributed by atoms with Crippen LogP contribution in [0.2, 0.25) is 20.1 Å². The van der Waals surface area contributed by atoms with Gasteiger partial charge in [-0.25, -0.2) is 26.3 Å². The van der Waals surface area contributed by atoms with Gasteiger partial charge in [0, 0.05) is 84.3 Å². The molecule has 18 nitrogen and oxygen atoms in total. The number of carbonyl (C=O) groups excluding carboxylic acids is 2. The Morgan fingerprint density at radius 2 is 0.797 bits per heavy atom. The van der Waals surface area contributed by atoms with Crippen molar-refractivity contribution in [3.63, 3.8) is 0 Å². The van der Waals surface area contributed by atoms with Gasteiger partial charge in [0.05, 0.1) is 89.1 Å². The number of hydrogen-bond acceptors (Lipinski definition) is 14. The summed E-state index contributed by atoms with van der Waals surface area (Å²) in [6.07, 6.45) is 0. The molecule has 0 aromatic heterocycles. The van der Waals surface area contributed by atoms with Crippen LogP contribution in [0.4, 0.5) is 0 Å². The van der Waals surface area contributed by atoms with E-state index in [4.69, 9.17) is 74.8 Å². The molecule has 406 valence electrons. The molecular formula is C50H64Cl4N6O12S2. The van der Waals surface area contributed by atoms with Gasteiger partial charge in [0.15, 0.2) is 0 Å². The van der Waals surface area contributed by atoms with E-state index in [9.17, 15) is 26.4 Å². The van der Waals surface area contributed by atoms with Crippen molar-refractivity contribution in [2.24, 2.45) is 0 Å². The summed E-state index contributed by atoms with van der Waals surface area (Å²) in [6, 6.07) is 21.0. The first-order valence-corrected chi connectivity index (χ1v) is 28.5. The van der Waals surface area contributed by atoms with Gasteiger partial charge in [0.25, 0.3) is 0 Å². The topological polar surface area (TPSA) is 212 Å². The summed E-state index contributed by atoms with van der Waals surface area (Å²) in [6.45, 7) is 6.07. The summed E-state index contributed by atoms with van der Waals surface area (Å²) in [5.74, 6) is -1.61. The Kier molecular flexibility index (Phi) is 24.1. The Morgan fingerprint density at radius 1 is 0.486 bits per heavy atom. The molecule has 4 aromatic rings. The van der Waals surface area contributed by atoms with Gasteiger partial charge in [-0.05, 0) is 96.0 Å². The van der Waals surface area contributed by atoms with Crippen molar-refractivity contribution in [2.45, 2.75) is 34.7 Å². The number of nitrogens with one attached hydrogen (secondary N) is 4. The van der Waals surface area contributed by atoms with Gasteiger partial charge in [-0.1, -0.05) is 70.7 Å². The van der Waals surface area contributed by atoms with Crippen LogP contribution in [-0.2, 0) is 71.1 Å². The van der Waals surface area contributed by atoms with Crippen LogP contribution in [-0.4, -0.2) is 171 Å². The zero-order valence-corrected chi connectivity index (χ0v) is 46.0. The van der Waals surface area contributed by atoms with Gasteiger partial charge in [-0.2, -0.15) is 0 Å². The maximum absolute atomic E-state index is 12.9. The number of ether oxygens (including phenoxy) is 6. The first-order valence-electron chi connectivity index (χ1n) is 24.1. The van der Waals surface area contributed by atoms with Crippen LogP contribution in [0.5, 0.6) is 0 Å². The molecule has 0 fully saturated rings. The summed E-state index contributed by atoms with van der Waals surface area (Å²) >= 11 is 25.6. The van der Waals surface area contributed by atoms with Crippen LogP contribution in [0, 0.1) is 0 Å². The molecule has 2 amide bonds. The van der Waals surface area contributed by atoms with E-state index in [1.165, 1.54) is 0 Å². The van der Waals surface area contributed by atoms with Gasteiger partial charge in [0.2, 0.25) is 20.0 Å². The number of rotatable bonds is 30. The highest BCUT2D eigenvalue weighted by atomic mass is 35.5.